The average molecular weight is 275 g/mol. The summed E-state index contributed by atoms with van der Waals surface area (Å²) in [6.45, 7) is 4.59. The summed E-state index contributed by atoms with van der Waals surface area (Å²) in [6.07, 6.45) is 2.92. The number of likely N-dealkylation sites (tertiary alicyclic amines) is 1. The Hall–Kier alpha value is -1.46. The highest BCUT2D eigenvalue weighted by atomic mass is 16.5. The van der Waals surface area contributed by atoms with E-state index < -0.39 is 0 Å². The Labute approximate surface area is 119 Å². The number of aromatic nitrogens is 1. The molecule has 5 nitrogen and oxygen atoms in total. The van der Waals surface area contributed by atoms with Crippen LogP contribution in [0, 0.1) is 5.41 Å². The van der Waals surface area contributed by atoms with E-state index >= 15 is 0 Å². The molecule has 1 aromatic rings. The quantitative estimate of drug-likeness (QED) is 0.799. The molecule has 2 fully saturated rings. The molecule has 20 heavy (non-hydrogen) atoms. The number of hydrogen-bond acceptors (Lipinski definition) is 4. The van der Waals surface area contributed by atoms with Crippen molar-refractivity contribution in [3.8, 4) is 0 Å². The lowest BCUT2D eigenvalue weighted by molar-refractivity contribution is -0.132. The van der Waals surface area contributed by atoms with Gasteiger partial charge in [-0.3, -0.25) is 14.7 Å². The van der Waals surface area contributed by atoms with Crippen LogP contribution in [-0.2, 0) is 16.1 Å². The third kappa shape index (κ3) is 2.83. The summed E-state index contributed by atoms with van der Waals surface area (Å²) in [6, 6.07) is 6.02. The summed E-state index contributed by atoms with van der Waals surface area (Å²) >= 11 is 0. The fourth-order valence-corrected chi connectivity index (χ4v) is 3.23. The van der Waals surface area contributed by atoms with Gasteiger partial charge < -0.3 is 9.64 Å². The molecule has 2 saturated heterocycles. The molecule has 1 spiro atoms. The number of rotatable bonds is 2. The number of amides is 1. The lowest BCUT2D eigenvalue weighted by Crippen LogP contribution is -2.40. The van der Waals surface area contributed by atoms with Crippen molar-refractivity contribution in [3.63, 3.8) is 0 Å². The molecule has 2 aliphatic heterocycles. The fraction of sp³-hybridized carbons (Fsp3) is 0.600. The lowest BCUT2D eigenvalue weighted by Gasteiger charge is -2.30. The Morgan fingerprint density at radius 3 is 3.10 bits per heavy atom. The van der Waals surface area contributed by atoms with Gasteiger partial charge in [0.15, 0.2) is 0 Å². The van der Waals surface area contributed by atoms with Crippen LogP contribution in [0.2, 0.25) is 0 Å². The van der Waals surface area contributed by atoms with E-state index in [1.165, 1.54) is 0 Å². The van der Waals surface area contributed by atoms with Gasteiger partial charge in [0.25, 0.3) is 0 Å². The Kier molecular flexibility index (Phi) is 3.72. The first-order chi connectivity index (χ1) is 9.67. The normalized spacial score (nSPS) is 28.1. The molecule has 108 valence electrons. The van der Waals surface area contributed by atoms with Gasteiger partial charge in [0.05, 0.1) is 12.3 Å². The molecule has 0 saturated carbocycles. The third-order valence-electron chi connectivity index (χ3n) is 4.26. The first kappa shape index (κ1) is 13.5. The smallest absolute Gasteiger partial charge is 0.248 e. The van der Waals surface area contributed by atoms with Crippen molar-refractivity contribution < 1.29 is 9.53 Å². The van der Waals surface area contributed by atoms with E-state index in [0.29, 0.717) is 6.61 Å². The van der Waals surface area contributed by atoms with E-state index in [1.54, 1.807) is 0 Å². The molecule has 1 amide bonds. The van der Waals surface area contributed by atoms with Crippen molar-refractivity contribution in [1.82, 2.24) is 14.8 Å². The minimum Gasteiger partial charge on any atom is -0.371 e. The van der Waals surface area contributed by atoms with Crippen molar-refractivity contribution >= 4 is 5.91 Å². The summed E-state index contributed by atoms with van der Waals surface area (Å²) in [5.41, 5.74) is 1.19. The highest BCUT2D eigenvalue weighted by molar-refractivity contribution is 5.77. The first-order valence-corrected chi connectivity index (χ1v) is 7.11. The lowest BCUT2D eigenvalue weighted by atomic mass is 9.88. The van der Waals surface area contributed by atoms with E-state index in [1.807, 2.05) is 30.3 Å². The standard InChI is InChI=1S/C15H21N3O2/c1-17-10-15(12-20-9-14(17)19)5-7-18(11-15)8-13-4-2-3-6-16-13/h2-4,6H,5,7-12H2,1H3. The zero-order valence-electron chi connectivity index (χ0n) is 11.9. The minimum atomic E-state index is 0.0880. The van der Waals surface area contributed by atoms with Crippen LogP contribution in [-0.4, -0.2) is 60.6 Å². The number of hydrogen-bond donors (Lipinski definition) is 0. The van der Waals surface area contributed by atoms with Crippen LogP contribution in [0.5, 0.6) is 0 Å². The molecule has 5 heteroatoms. The Bertz CT molecular complexity index is 479. The van der Waals surface area contributed by atoms with E-state index in [-0.39, 0.29) is 17.9 Å². The second-order valence-electron chi connectivity index (χ2n) is 6.02. The van der Waals surface area contributed by atoms with Crippen molar-refractivity contribution in [1.29, 1.82) is 0 Å². The monoisotopic (exact) mass is 275 g/mol. The van der Waals surface area contributed by atoms with Crippen molar-refractivity contribution in [2.45, 2.75) is 13.0 Å². The topological polar surface area (TPSA) is 45.7 Å². The summed E-state index contributed by atoms with van der Waals surface area (Å²) in [4.78, 5) is 20.3. The van der Waals surface area contributed by atoms with Crippen molar-refractivity contribution in [2.24, 2.45) is 5.41 Å². The molecule has 0 radical (unpaired) electrons. The van der Waals surface area contributed by atoms with E-state index in [2.05, 4.69) is 16.0 Å². The van der Waals surface area contributed by atoms with Gasteiger partial charge in [-0.05, 0) is 25.1 Å². The van der Waals surface area contributed by atoms with Crippen LogP contribution in [0.4, 0.5) is 0 Å². The molecule has 0 aliphatic carbocycles. The van der Waals surface area contributed by atoms with Gasteiger partial charge in [0.1, 0.15) is 6.61 Å². The fourth-order valence-electron chi connectivity index (χ4n) is 3.23. The van der Waals surface area contributed by atoms with Gasteiger partial charge in [-0.25, -0.2) is 0 Å². The van der Waals surface area contributed by atoms with Gasteiger partial charge >= 0.3 is 0 Å². The van der Waals surface area contributed by atoms with E-state index in [4.69, 9.17) is 4.74 Å². The number of carbonyl (C=O) groups is 1. The first-order valence-electron chi connectivity index (χ1n) is 7.11. The van der Waals surface area contributed by atoms with E-state index in [0.717, 1.165) is 38.3 Å². The van der Waals surface area contributed by atoms with Crippen LogP contribution in [0.25, 0.3) is 0 Å². The second-order valence-corrected chi connectivity index (χ2v) is 6.02. The van der Waals surface area contributed by atoms with Crippen LogP contribution < -0.4 is 0 Å². The molecule has 1 aromatic heterocycles. The number of pyridine rings is 1. The highest BCUT2D eigenvalue weighted by Gasteiger charge is 2.41. The Morgan fingerprint density at radius 1 is 1.40 bits per heavy atom. The van der Waals surface area contributed by atoms with E-state index in [9.17, 15) is 4.79 Å². The summed E-state index contributed by atoms with van der Waals surface area (Å²) in [5, 5.41) is 0. The molecule has 0 N–H and O–H groups in total. The predicted octanol–water partition coefficient (Wildman–Crippen LogP) is 0.762. The minimum absolute atomic E-state index is 0.0880. The third-order valence-corrected chi connectivity index (χ3v) is 4.26. The molecule has 3 rings (SSSR count). The number of carbonyl (C=O) groups excluding carboxylic acids is 1. The average Bonchev–Trinajstić information content (AvgIpc) is 2.76. The summed E-state index contributed by atoms with van der Waals surface area (Å²) < 4.78 is 5.58. The van der Waals surface area contributed by atoms with Gasteiger partial charge in [0, 0.05) is 38.3 Å². The number of nitrogens with zero attached hydrogens (tertiary/aromatic N) is 3. The molecule has 0 aromatic carbocycles. The zero-order chi connectivity index (χ0) is 14.0. The summed E-state index contributed by atoms with van der Waals surface area (Å²) in [7, 11) is 1.88. The van der Waals surface area contributed by atoms with Gasteiger partial charge in [-0.15, -0.1) is 0 Å². The Morgan fingerprint density at radius 2 is 2.30 bits per heavy atom. The van der Waals surface area contributed by atoms with Gasteiger partial charge in [-0.1, -0.05) is 6.07 Å². The van der Waals surface area contributed by atoms with Crippen molar-refractivity contribution in [3.05, 3.63) is 30.1 Å². The number of ether oxygens (including phenoxy) is 1. The maximum atomic E-state index is 11.7. The van der Waals surface area contributed by atoms with Crippen LogP contribution >= 0.6 is 0 Å². The largest absolute Gasteiger partial charge is 0.371 e. The molecule has 3 heterocycles. The van der Waals surface area contributed by atoms with Gasteiger partial charge in [0.2, 0.25) is 5.91 Å². The van der Waals surface area contributed by atoms with Crippen LogP contribution in [0.3, 0.4) is 0 Å². The second kappa shape index (κ2) is 5.50. The molecule has 1 atom stereocenters. The van der Waals surface area contributed by atoms with Crippen molar-refractivity contribution in [2.75, 3.05) is 39.9 Å². The maximum absolute atomic E-state index is 11.7. The summed E-state index contributed by atoms with van der Waals surface area (Å²) in [5.74, 6) is 0.0880. The molecular formula is C15H21N3O2. The zero-order valence-corrected chi connectivity index (χ0v) is 11.9. The maximum Gasteiger partial charge on any atom is 0.248 e. The van der Waals surface area contributed by atoms with Crippen LogP contribution in [0.1, 0.15) is 12.1 Å². The number of likely N-dealkylation sites (N-methyl/N-ethyl adjacent to an activating group) is 1. The predicted molar refractivity (Wildman–Crippen MR) is 75.0 cm³/mol. The molecular weight excluding hydrogens is 254 g/mol. The van der Waals surface area contributed by atoms with Gasteiger partial charge in [-0.2, -0.15) is 0 Å². The molecule has 0 bridgehead atoms. The highest BCUT2D eigenvalue weighted by Crippen LogP contribution is 2.33. The molecule has 2 aliphatic rings. The molecule has 1 unspecified atom stereocenters. The van der Waals surface area contributed by atoms with Crippen LogP contribution in [0.15, 0.2) is 24.4 Å². The SMILES string of the molecule is CN1CC2(CCN(Cc3ccccn3)C2)COCC1=O. The Balaban J connectivity index is 1.65.